The van der Waals surface area contributed by atoms with Crippen LogP contribution in [0.5, 0.6) is 0 Å². The van der Waals surface area contributed by atoms with E-state index in [-0.39, 0.29) is 6.04 Å². The molecule has 0 aliphatic carbocycles. The third kappa shape index (κ3) is 2.53. The number of aryl methyl sites for hydroxylation is 2. The highest BCUT2D eigenvalue weighted by Crippen LogP contribution is 2.27. The van der Waals surface area contributed by atoms with Crippen molar-refractivity contribution in [3.05, 3.63) is 45.7 Å². The molecule has 1 unspecified atom stereocenters. The molecule has 1 atom stereocenters. The van der Waals surface area contributed by atoms with Gasteiger partial charge in [0.1, 0.15) is 5.01 Å². The Labute approximate surface area is 106 Å². The lowest BCUT2D eigenvalue weighted by atomic mass is 10.1. The summed E-state index contributed by atoms with van der Waals surface area (Å²) in [5.74, 6) is 0. The predicted molar refractivity (Wildman–Crippen MR) is 71.4 cm³/mol. The molecule has 0 bridgehead atoms. The van der Waals surface area contributed by atoms with Crippen LogP contribution in [0.4, 0.5) is 0 Å². The summed E-state index contributed by atoms with van der Waals surface area (Å²) in [4.78, 5) is 10.2. The van der Waals surface area contributed by atoms with Gasteiger partial charge in [0, 0.05) is 17.3 Å². The van der Waals surface area contributed by atoms with Gasteiger partial charge in [-0.1, -0.05) is 13.0 Å². The second kappa shape index (κ2) is 5.38. The van der Waals surface area contributed by atoms with Gasteiger partial charge in [-0.2, -0.15) is 0 Å². The Morgan fingerprint density at radius 2 is 2.29 bits per heavy atom. The minimum Gasteiger partial charge on any atom is -0.307 e. The first kappa shape index (κ1) is 12.2. The van der Waals surface area contributed by atoms with Gasteiger partial charge in [0.2, 0.25) is 0 Å². The van der Waals surface area contributed by atoms with Crippen LogP contribution in [0.2, 0.25) is 0 Å². The van der Waals surface area contributed by atoms with E-state index in [2.05, 4.69) is 30.2 Å². The van der Waals surface area contributed by atoms with Crippen molar-refractivity contribution in [3.63, 3.8) is 0 Å². The van der Waals surface area contributed by atoms with Crippen molar-refractivity contribution in [1.82, 2.24) is 15.3 Å². The van der Waals surface area contributed by atoms with Crippen LogP contribution < -0.4 is 5.32 Å². The summed E-state index contributed by atoms with van der Waals surface area (Å²) in [6, 6.07) is 4.19. The minimum absolute atomic E-state index is 0.146. The fraction of sp³-hybridized carbons (Fsp3) is 0.385. The molecule has 0 aliphatic heterocycles. The van der Waals surface area contributed by atoms with E-state index in [0.717, 1.165) is 17.0 Å². The average molecular weight is 247 g/mol. The van der Waals surface area contributed by atoms with Crippen LogP contribution in [-0.4, -0.2) is 17.0 Å². The van der Waals surface area contributed by atoms with Gasteiger partial charge in [-0.15, -0.1) is 11.3 Å². The first-order valence-corrected chi connectivity index (χ1v) is 6.61. The average Bonchev–Trinajstić information content (AvgIpc) is 2.73. The molecule has 0 aromatic carbocycles. The number of nitrogens with zero attached hydrogens (tertiary/aromatic N) is 2. The lowest BCUT2D eigenvalue weighted by Gasteiger charge is -2.12. The summed E-state index contributed by atoms with van der Waals surface area (Å²) in [6.07, 6.45) is 4.68. The van der Waals surface area contributed by atoms with E-state index in [0.29, 0.717) is 0 Å². The Hall–Kier alpha value is -1.26. The lowest BCUT2D eigenvalue weighted by molar-refractivity contribution is 0.680. The molecular formula is C13H17N3S. The standard InChI is InChI=1S/C13H17N3S/c1-4-11-9(2)17-13(16-11)12(14-3)10-6-5-7-15-8-10/h5-8,12,14H,4H2,1-3H3. The topological polar surface area (TPSA) is 37.8 Å². The zero-order valence-electron chi connectivity index (χ0n) is 10.4. The van der Waals surface area contributed by atoms with Crippen LogP contribution in [0.25, 0.3) is 0 Å². The summed E-state index contributed by atoms with van der Waals surface area (Å²) in [7, 11) is 1.96. The monoisotopic (exact) mass is 247 g/mol. The van der Waals surface area contributed by atoms with Crippen molar-refractivity contribution in [2.24, 2.45) is 0 Å². The normalized spacial score (nSPS) is 12.6. The van der Waals surface area contributed by atoms with Gasteiger partial charge < -0.3 is 5.32 Å². The molecule has 17 heavy (non-hydrogen) atoms. The van der Waals surface area contributed by atoms with Crippen LogP contribution in [0.3, 0.4) is 0 Å². The number of thiazole rings is 1. The Bertz CT molecular complexity index is 479. The van der Waals surface area contributed by atoms with Gasteiger partial charge in [-0.25, -0.2) is 4.98 Å². The molecule has 1 N–H and O–H groups in total. The Kier molecular flexibility index (Phi) is 3.86. The van der Waals surface area contributed by atoms with Gasteiger partial charge in [0.05, 0.1) is 11.7 Å². The third-order valence-electron chi connectivity index (χ3n) is 2.80. The van der Waals surface area contributed by atoms with E-state index in [1.807, 2.05) is 19.3 Å². The molecule has 3 nitrogen and oxygen atoms in total. The molecule has 0 saturated carbocycles. The molecular weight excluding hydrogens is 230 g/mol. The van der Waals surface area contributed by atoms with E-state index < -0.39 is 0 Å². The van der Waals surface area contributed by atoms with Crippen LogP contribution in [0.1, 0.15) is 34.1 Å². The van der Waals surface area contributed by atoms with Gasteiger partial charge in [-0.3, -0.25) is 4.98 Å². The largest absolute Gasteiger partial charge is 0.307 e. The third-order valence-corrected chi connectivity index (χ3v) is 3.88. The first-order chi connectivity index (χ1) is 8.26. The maximum absolute atomic E-state index is 4.70. The molecule has 4 heteroatoms. The zero-order chi connectivity index (χ0) is 12.3. The molecule has 2 heterocycles. The van der Waals surface area contributed by atoms with Gasteiger partial charge >= 0.3 is 0 Å². The summed E-state index contributed by atoms with van der Waals surface area (Å²) >= 11 is 1.77. The quantitative estimate of drug-likeness (QED) is 0.902. The summed E-state index contributed by atoms with van der Waals surface area (Å²) in [6.45, 7) is 4.28. The zero-order valence-corrected chi connectivity index (χ0v) is 11.2. The van der Waals surface area contributed by atoms with Crippen LogP contribution in [0, 0.1) is 6.92 Å². The molecule has 0 aliphatic rings. The molecule has 2 aromatic heterocycles. The maximum Gasteiger partial charge on any atom is 0.115 e. The molecule has 2 rings (SSSR count). The van der Waals surface area contributed by atoms with Crippen molar-refractivity contribution < 1.29 is 0 Å². The molecule has 90 valence electrons. The Balaban J connectivity index is 2.35. The smallest absolute Gasteiger partial charge is 0.115 e. The maximum atomic E-state index is 4.70. The van der Waals surface area contributed by atoms with Crippen molar-refractivity contribution >= 4 is 11.3 Å². The highest BCUT2D eigenvalue weighted by Gasteiger charge is 2.17. The van der Waals surface area contributed by atoms with Crippen LogP contribution >= 0.6 is 11.3 Å². The Morgan fingerprint density at radius 3 is 2.82 bits per heavy atom. The van der Waals surface area contributed by atoms with Crippen molar-refractivity contribution in [1.29, 1.82) is 0 Å². The van der Waals surface area contributed by atoms with E-state index in [9.17, 15) is 0 Å². The van der Waals surface area contributed by atoms with E-state index in [4.69, 9.17) is 4.98 Å². The molecule has 0 amide bonds. The van der Waals surface area contributed by atoms with E-state index in [1.54, 1.807) is 17.5 Å². The van der Waals surface area contributed by atoms with E-state index in [1.165, 1.54) is 10.6 Å². The number of pyridine rings is 1. The molecule has 0 fully saturated rings. The molecule has 2 aromatic rings. The number of hydrogen-bond acceptors (Lipinski definition) is 4. The first-order valence-electron chi connectivity index (χ1n) is 5.79. The summed E-state index contributed by atoms with van der Waals surface area (Å²) < 4.78 is 0. The molecule has 0 spiro atoms. The van der Waals surface area contributed by atoms with Crippen molar-refractivity contribution in [3.8, 4) is 0 Å². The van der Waals surface area contributed by atoms with Gasteiger partial charge in [0.15, 0.2) is 0 Å². The predicted octanol–water partition coefficient (Wildman–Crippen LogP) is 2.72. The number of hydrogen-bond donors (Lipinski definition) is 1. The lowest BCUT2D eigenvalue weighted by Crippen LogP contribution is -2.17. The van der Waals surface area contributed by atoms with Crippen molar-refractivity contribution in [2.45, 2.75) is 26.3 Å². The minimum atomic E-state index is 0.146. The van der Waals surface area contributed by atoms with Crippen molar-refractivity contribution in [2.75, 3.05) is 7.05 Å². The summed E-state index contributed by atoms with van der Waals surface area (Å²) in [5.41, 5.74) is 2.36. The van der Waals surface area contributed by atoms with Gasteiger partial charge in [-0.05, 0) is 32.0 Å². The molecule has 0 radical (unpaired) electrons. The van der Waals surface area contributed by atoms with Crippen LogP contribution in [0.15, 0.2) is 24.5 Å². The highest BCUT2D eigenvalue weighted by atomic mass is 32.1. The fourth-order valence-corrected chi connectivity index (χ4v) is 3.03. The SMILES string of the molecule is CCc1nc(C(NC)c2cccnc2)sc1C. The molecule has 0 saturated heterocycles. The second-order valence-corrected chi connectivity index (χ2v) is 5.15. The van der Waals surface area contributed by atoms with E-state index >= 15 is 0 Å². The van der Waals surface area contributed by atoms with Gasteiger partial charge in [0.25, 0.3) is 0 Å². The fourth-order valence-electron chi connectivity index (χ4n) is 1.88. The summed E-state index contributed by atoms with van der Waals surface area (Å²) in [5, 5.41) is 4.43. The number of rotatable bonds is 4. The highest BCUT2D eigenvalue weighted by molar-refractivity contribution is 7.11. The number of nitrogens with one attached hydrogen (secondary N) is 1. The van der Waals surface area contributed by atoms with Crippen LogP contribution in [-0.2, 0) is 6.42 Å². The Morgan fingerprint density at radius 1 is 1.47 bits per heavy atom. The number of aromatic nitrogens is 2. The second-order valence-electron chi connectivity index (χ2n) is 3.92.